The van der Waals surface area contributed by atoms with Crippen LogP contribution in [-0.4, -0.2) is 55.5 Å². The standard InChI is InChI=1S/C15H22N6O2/c1-14(22)7-15(2-4-17-5-3-15)23-6-10(14)21-9-20-11-12(16)18-8-19-13(11)21/h8-10,17,22H,2-7H2,1H3,(H2,16,18,19)/t10-,14-/m0/s1. The van der Waals surface area contributed by atoms with Crippen molar-refractivity contribution in [2.24, 2.45) is 0 Å². The van der Waals surface area contributed by atoms with Crippen molar-refractivity contribution in [1.29, 1.82) is 0 Å². The molecule has 0 unspecified atom stereocenters. The Labute approximate surface area is 134 Å². The van der Waals surface area contributed by atoms with E-state index in [2.05, 4.69) is 20.3 Å². The Hall–Kier alpha value is -1.77. The van der Waals surface area contributed by atoms with Crippen LogP contribution in [0, 0.1) is 0 Å². The molecule has 2 atom stereocenters. The lowest BCUT2D eigenvalue weighted by molar-refractivity contribution is -0.189. The number of aliphatic hydroxyl groups is 1. The summed E-state index contributed by atoms with van der Waals surface area (Å²) in [5.41, 5.74) is 5.92. The van der Waals surface area contributed by atoms with Gasteiger partial charge in [0, 0.05) is 6.42 Å². The van der Waals surface area contributed by atoms with Gasteiger partial charge in [0.25, 0.3) is 0 Å². The van der Waals surface area contributed by atoms with E-state index in [0.29, 0.717) is 30.0 Å². The largest absolute Gasteiger partial charge is 0.388 e. The molecular weight excluding hydrogens is 296 g/mol. The zero-order valence-electron chi connectivity index (χ0n) is 13.2. The van der Waals surface area contributed by atoms with E-state index < -0.39 is 5.60 Å². The van der Waals surface area contributed by atoms with E-state index >= 15 is 0 Å². The van der Waals surface area contributed by atoms with Crippen molar-refractivity contribution in [3.8, 4) is 0 Å². The summed E-state index contributed by atoms with van der Waals surface area (Å²) in [5.74, 6) is 0.347. The number of nitrogens with one attached hydrogen (secondary N) is 1. The molecule has 4 rings (SSSR count). The first-order valence-corrected chi connectivity index (χ1v) is 8.01. The number of imidazole rings is 1. The molecule has 1 spiro atoms. The lowest BCUT2D eigenvalue weighted by atomic mass is 9.76. The monoisotopic (exact) mass is 318 g/mol. The van der Waals surface area contributed by atoms with E-state index in [0.717, 1.165) is 25.9 Å². The SMILES string of the molecule is C[C@]1(O)CC2(CCNCC2)OC[C@@H]1n1cnc2c(N)ncnc21. The van der Waals surface area contributed by atoms with Gasteiger partial charge >= 0.3 is 0 Å². The Bertz CT molecular complexity index is 722. The minimum absolute atomic E-state index is 0.227. The molecule has 0 amide bonds. The molecule has 0 aliphatic carbocycles. The fraction of sp³-hybridized carbons (Fsp3) is 0.667. The fourth-order valence-electron chi connectivity index (χ4n) is 3.94. The zero-order valence-corrected chi connectivity index (χ0v) is 13.2. The van der Waals surface area contributed by atoms with E-state index in [1.54, 1.807) is 6.33 Å². The molecule has 2 aromatic rings. The maximum absolute atomic E-state index is 11.1. The summed E-state index contributed by atoms with van der Waals surface area (Å²) in [6.07, 6.45) is 5.54. The van der Waals surface area contributed by atoms with Crippen molar-refractivity contribution in [3.05, 3.63) is 12.7 Å². The quantitative estimate of drug-likeness (QED) is 0.691. The van der Waals surface area contributed by atoms with Crippen LogP contribution in [0.5, 0.6) is 0 Å². The number of fused-ring (bicyclic) bond motifs is 1. The molecule has 0 radical (unpaired) electrons. The van der Waals surface area contributed by atoms with Gasteiger partial charge in [-0.2, -0.15) is 0 Å². The Balaban J connectivity index is 1.68. The highest BCUT2D eigenvalue weighted by atomic mass is 16.5. The van der Waals surface area contributed by atoms with Gasteiger partial charge in [-0.25, -0.2) is 15.0 Å². The summed E-state index contributed by atoms with van der Waals surface area (Å²) in [5, 5.41) is 14.5. The first-order chi connectivity index (χ1) is 11.0. The predicted octanol–water partition coefficient (Wildman–Crippen LogP) is 0.243. The summed E-state index contributed by atoms with van der Waals surface area (Å²) in [7, 11) is 0. The Kier molecular flexibility index (Phi) is 3.29. The van der Waals surface area contributed by atoms with Crippen LogP contribution in [0.3, 0.4) is 0 Å². The van der Waals surface area contributed by atoms with Crippen LogP contribution in [0.4, 0.5) is 5.82 Å². The van der Waals surface area contributed by atoms with Gasteiger partial charge in [-0.1, -0.05) is 0 Å². The number of piperidine rings is 1. The second kappa shape index (κ2) is 5.12. The van der Waals surface area contributed by atoms with Crippen molar-refractivity contribution in [3.63, 3.8) is 0 Å². The predicted molar refractivity (Wildman–Crippen MR) is 84.8 cm³/mol. The van der Waals surface area contributed by atoms with Gasteiger partial charge in [0.2, 0.25) is 0 Å². The van der Waals surface area contributed by atoms with Crippen LogP contribution in [0.1, 0.15) is 32.2 Å². The number of nitrogens with two attached hydrogens (primary N) is 1. The maximum atomic E-state index is 11.1. The summed E-state index contributed by atoms with van der Waals surface area (Å²) in [6, 6.07) is -0.248. The summed E-state index contributed by atoms with van der Waals surface area (Å²) in [6.45, 7) is 4.17. The molecule has 2 aliphatic heterocycles. The van der Waals surface area contributed by atoms with E-state index in [-0.39, 0.29) is 11.6 Å². The number of hydrogen-bond acceptors (Lipinski definition) is 7. The molecular formula is C15H22N6O2. The molecule has 0 bridgehead atoms. The molecule has 4 heterocycles. The van der Waals surface area contributed by atoms with Crippen LogP contribution in [0.2, 0.25) is 0 Å². The van der Waals surface area contributed by atoms with Gasteiger partial charge in [-0.05, 0) is 32.9 Å². The van der Waals surface area contributed by atoms with Gasteiger partial charge < -0.3 is 25.5 Å². The highest BCUT2D eigenvalue weighted by molar-refractivity contribution is 5.81. The van der Waals surface area contributed by atoms with E-state index in [4.69, 9.17) is 10.5 Å². The number of aromatic nitrogens is 4. The van der Waals surface area contributed by atoms with E-state index in [1.165, 1.54) is 6.33 Å². The van der Waals surface area contributed by atoms with Gasteiger partial charge in [0.05, 0.1) is 30.2 Å². The molecule has 0 saturated carbocycles. The van der Waals surface area contributed by atoms with Crippen LogP contribution in [0.15, 0.2) is 12.7 Å². The molecule has 2 aromatic heterocycles. The van der Waals surface area contributed by atoms with Crippen molar-refractivity contribution in [2.45, 2.75) is 43.4 Å². The number of hydrogen-bond donors (Lipinski definition) is 3. The number of rotatable bonds is 1. The highest BCUT2D eigenvalue weighted by Gasteiger charge is 2.49. The summed E-state index contributed by atoms with van der Waals surface area (Å²) in [4.78, 5) is 12.5. The molecule has 4 N–H and O–H groups in total. The van der Waals surface area contributed by atoms with Crippen molar-refractivity contribution in [1.82, 2.24) is 24.8 Å². The van der Waals surface area contributed by atoms with E-state index in [9.17, 15) is 5.11 Å². The van der Waals surface area contributed by atoms with Crippen LogP contribution >= 0.6 is 0 Å². The molecule has 8 heteroatoms. The van der Waals surface area contributed by atoms with E-state index in [1.807, 2.05) is 11.5 Å². The van der Waals surface area contributed by atoms with Crippen molar-refractivity contribution >= 4 is 17.0 Å². The lowest BCUT2D eigenvalue weighted by Crippen LogP contribution is -2.56. The highest BCUT2D eigenvalue weighted by Crippen LogP contribution is 2.43. The van der Waals surface area contributed by atoms with Crippen LogP contribution < -0.4 is 11.1 Å². The molecule has 2 saturated heterocycles. The number of nitrogens with zero attached hydrogens (tertiary/aromatic N) is 4. The first kappa shape index (κ1) is 14.8. The van der Waals surface area contributed by atoms with Crippen molar-refractivity contribution < 1.29 is 9.84 Å². The average Bonchev–Trinajstić information content (AvgIpc) is 2.92. The molecule has 2 aliphatic rings. The maximum Gasteiger partial charge on any atom is 0.165 e. The van der Waals surface area contributed by atoms with Gasteiger partial charge in [-0.3, -0.25) is 0 Å². The number of ether oxygens (including phenoxy) is 1. The van der Waals surface area contributed by atoms with Gasteiger partial charge in [0.15, 0.2) is 11.5 Å². The molecule has 0 aromatic carbocycles. The van der Waals surface area contributed by atoms with Crippen LogP contribution in [0.25, 0.3) is 11.2 Å². The third kappa shape index (κ3) is 2.37. The molecule has 2 fully saturated rings. The fourth-order valence-corrected chi connectivity index (χ4v) is 3.94. The van der Waals surface area contributed by atoms with Crippen molar-refractivity contribution in [2.75, 3.05) is 25.4 Å². The second-order valence-corrected chi connectivity index (χ2v) is 6.88. The normalized spacial score (nSPS) is 30.8. The smallest absolute Gasteiger partial charge is 0.165 e. The molecule has 124 valence electrons. The van der Waals surface area contributed by atoms with Crippen LogP contribution in [-0.2, 0) is 4.74 Å². The van der Waals surface area contributed by atoms with Gasteiger partial charge in [0.1, 0.15) is 11.8 Å². The Morgan fingerprint density at radius 3 is 2.87 bits per heavy atom. The summed E-state index contributed by atoms with van der Waals surface area (Å²) < 4.78 is 8.10. The third-order valence-electron chi connectivity index (χ3n) is 5.18. The third-order valence-corrected chi connectivity index (χ3v) is 5.18. The number of anilines is 1. The molecule has 23 heavy (non-hydrogen) atoms. The zero-order chi connectivity index (χ0) is 16.1. The van der Waals surface area contributed by atoms with Gasteiger partial charge in [-0.15, -0.1) is 0 Å². The lowest BCUT2D eigenvalue weighted by Gasteiger charge is -2.50. The minimum atomic E-state index is -0.900. The Morgan fingerprint density at radius 1 is 1.35 bits per heavy atom. The Morgan fingerprint density at radius 2 is 2.13 bits per heavy atom. The number of nitrogen functional groups attached to an aromatic ring is 1. The summed E-state index contributed by atoms with van der Waals surface area (Å²) >= 11 is 0. The average molecular weight is 318 g/mol. The first-order valence-electron chi connectivity index (χ1n) is 8.01. The topological polar surface area (TPSA) is 111 Å². The minimum Gasteiger partial charge on any atom is -0.388 e. The molecule has 8 nitrogen and oxygen atoms in total. The second-order valence-electron chi connectivity index (χ2n) is 6.88.